The van der Waals surface area contributed by atoms with Crippen LogP contribution in [0.5, 0.6) is 0 Å². The molecule has 25 heavy (non-hydrogen) atoms. The second kappa shape index (κ2) is 5.07. The molecule has 0 N–H and O–H groups in total. The summed E-state index contributed by atoms with van der Waals surface area (Å²) in [5, 5.41) is 2.07. The second-order valence-corrected chi connectivity index (χ2v) is 7.87. The topological polar surface area (TPSA) is 55.2 Å². The van der Waals surface area contributed by atoms with Crippen LogP contribution in [0.3, 0.4) is 0 Å². The third-order valence-corrected chi connectivity index (χ3v) is 6.44. The maximum atomic E-state index is 13.3. The highest BCUT2D eigenvalue weighted by molar-refractivity contribution is 7.92. The number of benzene rings is 3. The minimum atomic E-state index is -3.70. The van der Waals surface area contributed by atoms with E-state index >= 15 is 0 Å². The number of sulfonamides is 1. The van der Waals surface area contributed by atoms with Crippen LogP contribution in [0.2, 0.25) is 0 Å². The number of rotatable bonds is 1. The lowest BCUT2D eigenvalue weighted by Gasteiger charge is -2.29. The SMILES string of the molecule is O=S1(=O)c2nc3ccccc3n2CCN1c1cccc2ccccc12. The fourth-order valence-corrected chi connectivity index (χ4v) is 5.17. The van der Waals surface area contributed by atoms with Crippen molar-refractivity contribution in [2.45, 2.75) is 11.7 Å². The van der Waals surface area contributed by atoms with Crippen LogP contribution in [0, 0.1) is 0 Å². The van der Waals surface area contributed by atoms with Gasteiger partial charge in [0.25, 0.3) is 10.0 Å². The standard InChI is InChI=1S/C19H15N3O2S/c23-25(24)19-20-16-9-3-4-10-18(16)21(19)12-13-22(25)17-11-5-7-14-6-1-2-8-15(14)17/h1-11H,12-13H2. The summed E-state index contributed by atoms with van der Waals surface area (Å²) in [4.78, 5) is 4.40. The van der Waals surface area contributed by atoms with Gasteiger partial charge in [-0.15, -0.1) is 0 Å². The Hall–Kier alpha value is -2.86. The maximum Gasteiger partial charge on any atom is 0.298 e. The van der Waals surface area contributed by atoms with Crippen LogP contribution in [0.1, 0.15) is 0 Å². The molecule has 1 aliphatic rings. The average molecular weight is 349 g/mol. The summed E-state index contributed by atoms with van der Waals surface area (Å²) in [6, 6.07) is 21.1. The van der Waals surface area contributed by atoms with E-state index in [1.54, 1.807) is 4.57 Å². The molecule has 6 heteroatoms. The van der Waals surface area contributed by atoms with E-state index in [-0.39, 0.29) is 5.16 Å². The molecule has 0 fully saturated rings. The van der Waals surface area contributed by atoms with Crippen molar-refractivity contribution in [2.24, 2.45) is 0 Å². The monoisotopic (exact) mass is 349 g/mol. The Bertz CT molecular complexity index is 1220. The first-order valence-corrected chi connectivity index (χ1v) is 9.56. The first kappa shape index (κ1) is 14.5. The number of hydrogen-bond acceptors (Lipinski definition) is 3. The van der Waals surface area contributed by atoms with Gasteiger partial charge >= 0.3 is 0 Å². The zero-order chi connectivity index (χ0) is 17.0. The molecule has 0 unspecified atom stereocenters. The van der Waals surface area contributed by atoms with E-state index < -0.39 is 10.0 Å². The molecule has 0 atom stereocenters. The highest BCUT2D eigenvalue weighted by Crippen LogP contribution is 2.34. The lowest BCUT2D eigenvalue weighted by molar-refractivity contribution is 0.539. The number of imidazole rings is 1. The Labute approximate surface area is 145 Å². The number of para-hydroxylation sites is 2. The molecule has 1 aromatic heterocycles. The van der Waals surface area contributed by atoms with Gasteiger partial charge in [0.15, 0.2) is 0 Å². The summed E-state index contributed by atoms with van der Waals surface area (Å²) in [6.07, 6.45) is 0. The van der Waals surface area contributed by atoms with E-state index in [1.165, 1.54) is 4.31 Å². The Kier molecular flexibility index (Phi) is 2.93. The van der Waals surface area contributed by atoms with Crippen molar-refractivity contribution < 1.29 is 8.42 Å². The van der Waals surface area contributed by atoms with Crippen molar-refractivity contribution in [3.8, 4) is 0 Å². The van der Waals surface area contributed by atoms with Gasteiger partial charge in [-0.1, -0.05) is 48.5 Å². The third-order valence-electron chi connectivity index (χ3n) is 4.70. The summed E-state index contributed by atoms with van der Waals surface area (Å²) in [5.41, 5.74) is 2.27. The number of fused-ring (bicyclic) bond motifs is 4. The molecule has 0 bridgehead atoms. The van der Waals surface area contributed by atoms with Crippen molar-refractivity contribution in [2.75, 3.05) is 10.8 Å². The molecule has 0 amide bonds. The van der Waals surface area contributed by atoms with E-state index in [9.17, 15) is 8.42 Å². The van der Waals surface area contributed by atoms with Crippen LogP contribution in [-0.2, 0) is 16.6 Å². The van der Waals surface area contributed by atoms with E-state index in [4.69, 9.17) is 0 Å². The largest absolute Gasteiger partial charge is 0.311 e. The third kappa shape index (κ3) is 2.01. The molecule has 5 rings (SSSR count). The lowest BCUT2D eigenvalue weighted by Crippen LogP contribution is -2.40. The molecule has 0 aliphatic carbocycles. The fourth-order valence-electron chi connectivity index (χ4n) is 3.55. The highest BCUT2D eigenvalue weighted by Gasteiger charge is 2.35. The molecule has 0 saturated carbocycles. The fraction of sp³-hybridized carbons (Fsp3) is 0.105. The normalized spacial score (nSPS) is 16.2. The number of hydrogen-bond donors (Lipinski definition) is 0. The van der Waals surface area contributed by atoms with E-state index in [1.807, 2.05) is 66.7 Å². The molecule has 4 aromatic rings. The minimum Gasteiger partial charge on any atom is -0.311 e. The predicted octanol–water partition coefficient (Wildman–Crippen LogP) is 3.40. The molecular formula is C19H15N3O2S. The second-order valence-electron chi connectivity index (χ2n) is 6.11. The van der Waals surface area contributed by atoms with Crippen molar-refractivity contribution >= 4 is 37.5 Å². The first-order chi connectivity index (χ1) is 12.2. The van der Waals surface area contributed by atoms with Crippen LogP contribution in [0.25, 0.3) is 21.8 Å². The molecule has 2 heterocycles. The van der Waals surface area contributed by atoms with Gasteiger partial charge in [0.05, 0.1) is 23.3 Å². The Morgan fingerprint density at radius 2 is 1.60 bits per heavy atom. The van der Waals surface area contributed by atoms with E-state index in [2.05, 4.69) is 4.98 Å². The first-order valence-electron chi connectivity index (χ1n) is 8.12. The van der Waals surface area contributed by atoms with Crippen molar-refractivity contribution in [1.82, 2.24) is 9.55 Å². The van der Waals surface area contributed by atoms with Gasteiger partial charge < -0.3 is 4.57 Å². The molecule has 1 aliphatic heterocycles. The van der Waals surface area contributed by atoms with Crippen molar-refractivity contribution in [3.63, 3.8) is 0 Å². The summed E-state index contributed by atoms with van der Waals surface area (Å²) < 4.78 is 29.8. The van der Waals surface area contributed by atoms with Gasteiger partial charge in [-0.3, -0.25) is 4.31 Å². The lowest BCUT2D eigenvalue weighted by atomic mass is 10.1. The smallest absolute Gasteiger partial charge is 0.298 e. The molecule has 0 radical (unpaired) electrons. The Morgan fingerprint density at radius 3 is 2.52 bits per heavy atom. The van der Waals surface area contributed by atoms with Crippen LogP contribution < -0.4 is 4.31 Å². The molecule has 5 nitrogen and oxygen atoms in total. The molecule has 124 valence electrons. The van der Waals surface area contributed by atoms with Gasteiger partial charge in [-0.25, -0.2) is 4.98 Å². The van der Waals surface area contributed by atoms with Gasteiger partial charge in [0, 0.05) is 11.9 Å². The minimum absolute atomic E-state index is 0.118. The molecule has 0 spiro atoms. The van der Waals surface area contributed by atoms with Gasteiger partial charge in [0.2, 0.25) is 5.16 Å². The van der Waals surface area contributed by atoms with E-state index in [0.717, 1.165) is 16.3 Å². The Balaban J connectivity index is 1.74. The quantitative estimate of drug-likeness (QED) is 0.529. The average Bonchev–Trinajstić information content (AvgIpc) is 3.02. The van der Waals surface area contributed by atoms with Crippen molar-refractivity contribution in [1.29, 1.82) is 0 Å². The molecule has 3 aromatic carbocycles. The highest BCUT2D eigenvalue weighted by atomic mass is 32.2. The molecular weight excluding hydrogens is 334 g/mol. The summed E-state index contributed by atoms with van der Waals surface area (Å²) >= 11 is 0. The van der Waals surface area contributed by atoms with Gasteiger partial charge in [0.1, 0.15) is 0 Å². The van der Waals surface area contributed by atoms with Crippen LogP contribution in [0.15, 0.2) is 71.9 Å². The summed E-state index contributed by atoms with van der Waals surface area (Å²) in [5.74, 6) is 0. The predicted molar refractivity (Wildman–Crippen MR) is 98.2 cm³/mol. The molecule has 0 saturated heterocycles. The zero-order valence-electron chi connectivity index (χ0n) is 13.3. The summed E-state index contributed by atoms with van der Waals surface area (Å²) in [6.45, 7) is 0.974. The van der Waals surface area contributed by atoms with Crippen LogP contribution in [-0.4, -0.2) is 24.5 Å². The van der Waals surface area contributed by atoms with Crippen LogP contribution in [0.4, 0.5) is 5.69 Å². The Morgan fingerprint density at radius 1 is 0.840 bits per heavy atom. The van der Waals surface area contributed by atoms with Crippen LogP contribution >= 0.6 is 0 Å². The maximum absolute atomic E-state index is 13.3. The summed E-state index contributed by atoms with van der Waals surface area (Å²) in [7, 11) is -3.70. The number of nitrogens with zero attached hydrogens (tertiary/aromatic N) is 3. The van der Waals surface area contributed by atoms with Crippen molar-refractivity contribution in [3.05, 3.63) is 66.7 Å². The van der Waals surface area contributed by atoms with E-state index in [0.29, 0.717) is 24.3 Å². The number of anilines is 1. The van der Waals surface area contributed by atoms with Gasteiger partial charge in [-0.2, -0.15) is 8.42 Å². The zero-order valence-corrected chi connectivity index (χ0v) is 14.1. The van der Waals surface area contributed by atoms with Gasteiger partial charge in [-0.05, 0) is 23.6 Å². The number of aromatic nitrogens is 2.